The fourth-order valence-corrected chi connectivity index (χ4v) is 1.82. The maximum atomic E-state index is 11.4. The molecule has 1 aromatic carbocycles. The van der Waals surface area contributed by atoms with Gasteiger partial charge >= 0.3 is 5.56 Å². The van der Waals surface area contributed by atoms with E-state index in [1.807, 2.05) is 0 Å². The van der Waals surface area contributed by atoms with Gasteiger partial charge in [-0.25, -0.2) is 3.59 Å². The molecule has 4 nitrogen and oxygen atoms in total. The first-order valence-corrected chi connectivity index (χ1v) is 4.86. The van der Waals surface area contributed by atoms with Crippen molar-refractivity contribution in [3.8, 4) is 5.75 Å². The molecule has 76 valence electrons. The van der Waals surface area contributed by atoms with Gasteiger partial charge in [0.2, 0.25) is 5.43 Å². The van der Waals surface area contributed by atoms with Crippen molar-refractivity contribution in [2.24, 2.45) is 0 Å². The lowest BCUT2D eigenvalue weighted by Crippen LogP contribution is -2.26. The van der Waals surface area contributed by atoms with Crippen molar-refractivity contribution in [2.75, 3.05) is 0 Å². The summed E-state index contributed by atoms with van der Waals surface area (Å²) in [5, 5.41) is 10.0. The standard InChI is InChI=1S/C10H6BrNO3/c11-12-7-4-2-1-3-6(7)8(13)5-9(14)10(12)15/h1-5,13H. The topological polar surface area (TPSA) is 59.3 Å². The Morgan fingerprint density at radius 1 is 1.20 bits per heavy atom. The second kappa shape index (κ2) is 3.51. The maximum Gasteiger partial charge on any atom is 0.309 e. The van der Waals surface area contributed by atoms with Crippen LogP contribution >= 0.6 is 16.1 Å². The number of nitrogens with zero attached hydrogens (tertiary/aromatic N) is 1. The van der Waals surface area contributed by atoms with Gasteiger partial charge in [-0.3, -0.25) is 9.59 Å². The number of aromatic hydroxyl groups is 1. The van der Waals surface area contributed by atoms with Gasteiger partial charge < -0.3 is 5.11 Å². The summed E-state index contributed by atoms with van der Waals surface area (Å²) >= 11 is 2.99. The minimum Gasteiger partial charge on any atom is -0.507 e. The van der Waals surface area contributed by atoms with E-state index in [1.54, 1.807) is 24.3 Å². The third kappa shape index (κ3) is 1.55. The fraction of sp³-hybridized carbons (Fsp3) is 0. The highest BCUT2D eigenvalue weighted by Crippen LogP contribution is 2.20. The van der Waals surface area contributed by atoms with E-state index < -0.39 is 11.0 Å². The van der Waals surface area contributed by atoms with Crippen LogP contribution in [0.25, 0.3) is 10.9 Å². The largest absolute Gasteiger partial charge is 0.507 e. The Hall–Kier alpha value is -1.62. The third-order valence-electron chi connectivity index (χ3n) is 2.05. The number of hydrogen-bond donors (Lipinski definition) is 1. The fourth-order valence-electron chi connectivity index (χ4n) is 1.33. The summed E-state index contributed by atoms with van der Waals surface area (Å²) in [4.78, 5) is 22.7. The molecule has 0 bridgehead atoms. The molecular formula is C10H6BrNO3. The summed E-state index contributed by atoms with van der Waals surface area (Å²) < 4.78 is 1.05. The molecule has 0 spiro atoms. The minimum atomic E-state index is -0.763. The van der Waals surface area contributed by atoms with Crippen LogP contribution in [-0.4, -0.2) is 8.70 Å². The van der Waals surface area contributed by atoms with Crippen LogP contribution in [0.5, 0.6) is 5.75 Å². The Kier molecular flexibility index (Phi) is 2.32. The highest BCUT2D eigenvalue weighted by Gasteiger charge is 2.05. The molecule has 2 rings (SSSR count). The molecule has 0 saturated carbocycles. The summed E-state index contributed by atoms with van der Waals surface area (Å²) in [5.41, 5.74) is -1.05. The second-order valence-electron chi connectivity index (χ2n) is 3.00. The van der Waals surface area contributed by atoms with Crippen molar-refractivity contribution in [1.29, 1.82) is 0 Å². The molecule has 0 aliphatic heterocycles. The number of aromatic nitrogens is 1. The van der Waals surface area contributed by atoms with Gasteiger partial charge in [0.1, 0.15) is 5.75 Å². The van der Waals surface area contributed by atoms with E-state index in [9.17, 15) is 14.7 Å². The number of halogens is 1. The Morgan fingerprint density at radius 2 is 1.87 bits per heavy atom. The van der Waals surface area contributed by atoms with Gasteiger partial charge in [-0.05, 0) is 12.1 Å². The molecule has 0 unspecified atom stereocenters. The molecule has 1 N–H and O–H groups in total. The molecule has 1 aromatic heterocycles. The van der Waals surface area contributed by atoms with Crippen molar-refractivity contribution in [3.63, 3.8) is 0 Å². The molecule has 0 radical (unpaired) electrons. The lowest BCUT2D eigenvalue weighted by atomic mass is 10.2. The summed E-state index contributed by atoms with van der Waals surface area (Å²) in [7, 11) is 0. The number of para-hydroxylation sites is 1. The monoisotopic (exact) mass is 267 g/mol. The van der Waals surface area contributed by atoms with Crippen molar-refractivity contribution in [2.45, 2.75) is 0 Å². The van der Waals surface area contributed by atoms with Gasteiger partial charge in [0.25, 0.3) is 0 Å². The smallest absolute Gasteiger partial charge is 0.309 e. The van der Waals surface area contributed by atoms with Crippen molar-refractivity contribution < 1.29 is 5.11 Å². The van der Waals surface area contributed by atoms with Crippen LogP contribution in [0.4, 0.5) is 0 Å². The summed E-state index contributed by atoms with van der Waals surface area (Å²) in [6.45, 7) is 0. The lowest BCUT2D eigenvalue weighted by molar-refractivity contribution is 0.481. The highest BCUT2D eigenvalue weighted by atomic mass is 79.9. The molecule has 5 heteroatoms. The summed E-state index contributed by atoms with van der Waals surface area (Å²) in [6.07, 6.45) is 0. The van der Waals surface area contributed by atoms with Crippen molar-refractivity contribution >= 4 is 27.1 Å². The van der Waals surface area contributed by atoms with Gasteiger partial charge in [-0.1, -0.05) is 12.1 Å². The van der Waals surface area contributed by atoms with E-state index in [0.717, 1.165) is 9.66 Å². The van der Waals surface area contributed by atoms with E-state index in [0.29, 0.717) is 10.9 Å². The SMILES string of the molecule is O=c1cc(O)c2ccccc2n(Br)c1=O. The predicted molar refractivity (Wildman–Crippen MR) is 60.5 cm³/mol. The molecule has 15 heavy (non-hydrogen) atoms. The first-order chi connectivity index (χ1) is 7.11. The van der Waals surface area contributed by atoms with Crippen LogP contribution in [0.2, 0.25) is 0 Å². The number of hydrogen-bond acceptors (Lipinski definition) is 3. The van der Waals surface area contributed by atoms with Gasteiger partial charge in [0, 0.05) is 11.5 Å². The van der Waals surface area contributed by atoms with E-state index in [4.69, 9.17) is 0 Å². The normalized spacial score (nSPS) is 10.5. The molecule has 2 aromatic rings. The zero-order valence-corrected chi connectivity index (χ0v) is 9.06. The van der Waals surface area contributed by atoms with Gasteiger partial charge in [0.15, 0.2) is 0 Å². The third-order valence-corrected chi connectivity index (χ3v) is 2.75. The average Bonchev–Trinajstić information content (AvgIpc) is 2.33. The predicted octanol–water partition coefficient (Wildman–Crippen LogP) is 1.23. The van der Waals surface area contributed by atoms with Crippen LogP contribution in [0, 0.1) is 0 Å². The zero-order chi connectivity index (χ0) is 11.0. The number of rotatable bonds is 0. The van der Waals surface area contributed by atoms with Gasteiger partial charge in [-0.2, -0.15) is 0 Å². The summed E-state index contributed by atoms with van der Waals surface area (Å²) in [6, 6.07) is 7.60. The molecule has 0 saturated heterocycles. The van der Waals surface area contributed by atoms with E-state index in [2.05, 4.69) is 16.1 Å². The average molecular weight is 268 g/mol. The maximum absolute atomic E-state index is 11.4. The van der Waals surface area contributed by atoms with E-state index in [1.165, 1.54) is 0 Å². The Morgan fingerprint density at radius 3 is 2.60 bits per heavy atom. The molecule has 1 heterocycles. The molecule has 0 aliphatic carbocycles. The zero-order valence-electron chi connectivity index (χ0n) is 7.48. The van der Waals surface area contributed by atoms with Crippen LogP contribution in [0.1, 0.15) is 0 Å². The second-order valence-corrected chi connectivity index (χ2v) is 3.71. The quantitative estimate of drug-likeness (QED) is 0.731. The molecule has 0 aliphatic rings. The van der Waals surface area contributed by atoms with Crippen LogP contribution < -0.4 is 11.0 Å². The number of benzene rings is 1. The molecular weight excluding hydrogens is 262 g/mol. The number of fused-ring (bicyclic) bond motifs is 1. The van der Waals surface area contributed by atoms with E-state index in [-0.39, 0.29) is 5.75 Å². The van der Waals surface area contributed by atoms with Crippen LogP contribution in [0.15, 0.2) is 39.9 Å². The lowest BCUT2D eigenvalue weighted by Gasteiger charge is -1.96. The highest BCUT2D eigenvalue weighted by molar-refractivity contribution is 9.08. The Balaban J connectivity index is 3.22. The van der Waals surface area contributed by atoms with Crippen molar-refractivity contribution in [1.82, 2.24) is 3.59 Å². The van der Waals surface area contributed by atoms with Crippen molar-refractivity contribution in [3.05, 3.63) is 50.9 Å². The molecule has 0 atom stereocenters. The summed E-state index contributed by atoms with van der Waals surface area (Å²) in [5.74, 6) is -0.203. The Labute approximate surface area is 92.7 Å². The minimum absolute atomic E-state index is 0.203. The molecule has 0 amide bonds. The van der Waals surface area contributed by atoms with E-state index >= 15 is 0 Å². The Bertz CT molecular complexity index is 648. The van der Waals surface area contributed by atoms with Gasteiger partial charge in [0.05, 0.1) is 21.7 Å². The molecule has 0 fully saturated rings. The first kappa shape index (κ1) is 9.92. The first-order valence-electron chi connectivity index (χ1n) is 4.15. The van der Waals surface area contributed by atoms with Crippen LogP contribution in [-0.2, 0) is 0 Å². The van der Waals surface area contributed by atoms with Gasteiger partial charge in [-0.15, -0.1) is 0 Å². The van der Waals surface area contributed by atoms with Crippen LogP contribution in [0.3, 0.4) is 0 Å².